The predicted octanol–water partition coefficient (Wildman–Crippen LogP) is 3.68. The molecule has 30 heavy (non-hydrogen) atoms. The van der Waals surface area contributed by atoms with Gasteiger partial charge in [-0.1, -0.05) is 30.3 Å². The number of para-hydroxylation sites is 1. The Kier molecular flexibility index (Phi) is 4.78. The first-order valence-electron chi connectivity index (χ1n) is 9.30. The molecule has 150 valence electrons. The van der Waals surface area contributed by atoms with E-state index < -0.39 is 10.0 Å². The largest absolute Gasteiger partial charge is 0.361 e. The van der Waals surface area contributed by atoms with E-state index in [4.69, 9.17) is 0 Å². The summed E-state index contributed by atoms with van der Waals surface area (Å²) in [6.45, 7) is 0.184. The number of hydrogen-bond donors (Lipinski definition) is 2. The van der Waals surface area contributed by atoms with Gasteiger partial charge in [0.05, 0.1) is 11.7 Å². The van der Waals surface area contributed by atoms with Gasteiger partial charge in [-0.15, -0.1) is 0 Å². The van der Waals surface area contributed by atoms with E-state index >= 15 is 0 Å². The summed E-state index contributed by atoms with van der Waals surface area (Å²) in [5.74, 6) is -0.211. The summed E-state index contributed by atoms with van der Waals surface area (Å²) in [6, 6.07) is 16.8. The van der Waals surface area contributed by atoms with Crippen LogP contribution in [0.3, 0.4) is 0 Å². The highest BCUT2D eigenvalue weighted by Gasteiger charge is 2.24. The molecule has 3 heterocycles. The Morgan fingerprint density at radius 1 is 1.03 bits per heavy atom. The quantitative estimate of drug-likeness (QED) is 0.424. The van der Waals surface area contributed by atoms with Crippen molar-refractivity contribution in [2.24, 2.45) is 0 Å². The number of aromatic amines is 1. The highest BCUT2D eigenvalue weighted by atomic mass is 32.2. The number of benzene rings is 2. The molecule has 0 aliphatic carbocycles. The Morgan fingerprint density at radius 3 is 2.80 bits per heavy atom. The smallest absolute Gasteiger partial charge is 0.242 e. The van der Waals surface area contributed by atoms with Gasteiger partial charge in [-0.05, 0) is 35.4 Å². The van der Waals surface area contributed by atoms with E-state index in [1.54, 1.807) is 30.6 Å². The number of nitrogens with one attached hydrogen (secondary N) is 2. The molecule has 0 saturated carbocycles. The van der Waals surface area contributed by atoms with Gasteiger partial charge in [0.1, 0.15) is 15.9 Å². The van der Waals surface area contributed by atoms with Crippen molar-refractivity contribution >= 4 is 43.7 Å². The molecule has 0 fully saturated rings. The monoisotopic (exact) mass is 435 g/mol. The molecule has 0 radical (unpaired) electrons. The third-order valence-electron chi connectivity index (χ3n) is 5.10. The van der Waals surface area contributed by atoms with E-state index in [9.17, 15) is 8.42 Å². The Hall–Kier alpha value is -3.14. The summed E-state index contributed by atoms with van der Waals surface area (Å²) in [6.07, 6.45) is 5.41. The fraction of sp³-hybridized carbons (Fsp3) is 0.0952. The molecular weight excluding hydrogens is 418 g/mol. The van der Waals surface area contributed by atoms with Crippen molar-refractivity contribution in [2.45, 2.75) is 10.8 Å². The second-order valence-corrected chi connectivity index (χ2v) is 9.13. The molecule has 0 aliphatic heterocycles. The van der Waals surface area contributed by atoms with Crippen LogP contribution in [0.4, 0.5) is 0 Å². The van der Waals surface area contributed by atoms with Gasteiger partial charge in [0, 0.05) is 42.0 Å². The highest BCUT2D eigenvalue weighted by Crippen LogP contribution is 2.31. The average molecular weight is 436 g/mol. The first-order valence-corrected chi connectivity index (χ1v) is 11.5. The third kappa shape index (κ3) is 3.36. The average Bonchev–Trinajstić information content (AvgIpc) is 3.42. The molecule has 9 heteroatoms. The summed E-state index contributed by atoms with van der Waals surface area (Å²) in [5.41, 5.74) is 3.90. The van der Waals surface area contributed by atoms with Crippen LogP contribution in [0, 0.1) is 0 Å². The number of aromatic nitrogens is 4. The molecule has 2 N–H and O–H groups in total. The van der Waals surface area contributed by atoms with Gasteiger partial charge in [0.25, 0.3) is 0 Å². The van der Waals surface area contributed by atoms with Crippen LogP contribution in [-0.2, 0) is 10.0 Å². The molecule has 5 rings (SSSR count). The van der Waals surface area contributed by atoms with Crippen molar-refractivity contribution in [2.75, 3.05) is 6.54 Å². The maximum Gasteiger partial charge on any atom is 0.242 e. The molecule has 2 aromatic carbocycles. The summed E-state index contributed by atoms with van der Waals surface area (Å²) < 4.78 is 37.3. The van der Waals surface area contributed by atoms with Crippen LogP contribution in [0.25, 0.3) is 21.9 Å². The van der Waals surface area contributed by atoms with Gasteiger partial charge in [0.2, 0.25) is 10.0 Å². The van der Waals surface area contributed by atoms with E-state index in [-0.39, 0.29) is 17.4 Å². The fourth-order valence-corrected chi connectivity index (χ4v) is 5.45. The summed E-state index contributed by atoms with van der Waals surface area (Å²) >= 11 is 0.999. The van der Waals surface area contributed by atoms with E-state index in [1.165, 1.54) is 0 Å². The van der Waals surface area contributed by atoms with Gasteiger partial charge in [-0.25, -0.2) is 13.1 Å². The lowest BCUT2D eigenvalue weighted by Crippen LogP contribution is -2.29. The van der Waals surface area contributed by atoms with Crippen molar-refractivity contribution in [3.63, 3.8) is 0 Å². The molecule has 0 saturated heterocycles. The van der Waals surface area contributed by atoms with E-state index in [2.05, 4.69) is 23.4 Å². The summed E-state index contributed by atoms with van der Waals surface area (Å²) in [4.78, 5) is 7.64. The molecule has 5 aromatic rings. The van der Waals surface area contributed by atoms with Gasteiger partial charge in [-0.2, -0.15) is 8.75 Å². The van der Waals surface area contributed by atoms with Crippen molar-refractivity contribution in [1.82, 2.24) is 23.4 Å². The Bertz CT molecular complexity index is 1430. The number of rotatable bonds is 6. The summed E-state index contributed by atoms with van der Waals surface area (Å²) in [5, 5.41) is 1.05. The van der Waals surface area contributed by atoms with Gasteiger partial charge in [-0.3, -0.25) is 4.98 Å². The van der Waals surface area contributed by atoms with Gasteiger partial charge >= 0.3 is 0 Å². The standard InChI is InChI=1S/C21H17N5O2S2/c27-30(28,20-9-3-8-19-21(20)26-29-25-19)24-13-16(14-5-4-10-22-11-14)17-12-23-18-7-2-1-6-15(17)18/h1-12,16,23-24H,13H2/t16-/m0/s1. The molecule has 7 nitrogen and oxygen atoms in total. The van der Waals surface area contributed by atoms with Gasteiger partial charge in [0.15, 0.2) is 0 Å². The maximum atomic E-state index is 13.1. The molecule has 3 aromatic heterocycles. The first-order chi connectivity index (χ1) is 14.6. The van der Waals surface area contributed by atoms with Crippen LogP contribution >= 0.6 is 11.7 Å². The van der Waals surface area contributed by atoms with Crippen molar-refractivity contribution in [1.29, 1.82) is 0 Å². The lowest BCUT2D eigenvalue weighted by atomic mass is 9.92. The number of hydrogen-bond acceptors (Lipinski definition) is 6. The normalized spacial score (nSPS) is 13.1. The topological polar surface area (TPSA) is 101 Å². The minimum absolute atomic E-state index is 0.137. The number of nitrogens with zero attached hydrogens (tertiary/aromatic N) is 3. The fourth-order valence-electron chi connectivity index (χ4n) is 3.64. The Balaban J connectivity index is 1.53. The van der Waals surface area contributed by atoms with Crippen LogP contribution < -0.4 is 4.72 Å². The number of pyridine rings is 1. The molecule has 0 aliphatic rings. The van der Waals surface area contributed by atoms with Crippen LogP contribution in [0.2, 0.25) is 0 Å². The zero-order valence-corrected chi connectivity index (χ0v) is 17.3. The maximum absolute atomic E-state index is 13.1. The minimum atomic E-state index is -3.78. The highest BCUT2D eigenvalue weighted by molar-refractivity contribution is 7.89. The lowest BCUT2D eigenvalue weighted by Gasteiger charge is -2.18. The Morgan fingerprint density at radius 2 is 1.93 bits per heavy atom. The molecule has 0 amide bonds. The Labute approximate surface area is 177 Å². The SMILES string of the molecule is O=S(=O)(NC[C@@H](c1cccnc1)c1c[nH]c2ccccc12)c1cccc2nsnc12. The molecule has 0 spiro atoms. The van der Waals surface area contributed by atoms with E-state index in [1.807, 2.05) is 42.6 Å². The van der Waals surface area contributed by atoms with Crippen molar-refractivity contribution < 1.29 is 8.42 Å². The van der Waals surface area contributed by atoms with Gasteiger partial charge < -0.3 is 4.98 Å². The molecular formula is C21H17N5O2S2. The first kappa shape index (κ1) is 18.9. The van der Waals surface area contributed by atoms with Crippen LogP contribution in [-0.4, -0.2) is 33.7 Å². The van der Waals surface area contributed by atoms with Crippen molar-refractivity contribution in [3.05, 3.63) is 84.3 Å². The summed E-state index contributed by atoms with van der Waals surface area (Å²) in [7, 11) is -3.78. The van der Waals surface area contributed by atoms with Crippen molar-refractivity contribution in [3.8, 4) is 0 Å². The number of sulfonamides is 1. The third-order valence-corrected chi connectivity index (χ3v) is 7.10. The molecule has 1 atom stereocenters. The second kappa shape index (κ2) is 7.60. The zero-order valence-electron chi connectivity index (χ0n) is 15.7. The number of fused-ring (bicyclic) bond motifs is 2. The van der Waals surface area contributed by atoms with Crippen LogP contribution in [0.15, 0.2) is 78.1 Å². The minimum Gasteiger partial charge on any atom is -0.361 e. The van der Waals surface area contributed by atoms with Crippen LogP contribution in [0.1, 0.15) is 17.0 Å². The predicted molar refractivity (Wildman–Crippen MR) is 117 cm³/mol. The molecule has 0 bridgehead atoms. The number of H-pyrrole nitrogens is 1. The molecule has 0 unspecified atom stereocenters. The van der Waals surface area contributed by atoms with E-state index in [0.29, 0.717) is 11.0 Å². The second-order valence-electron chi connectivity index (χ2n) is 6.87. The van der Waals surface area contributed by atoms with Crippen LogP contribution in [0.5, 0.6) is 0 Å². The lowest BCUT2D eigenvalue weighted by molar-refractivity contribution is 0.578. The zero-order chi connectivity index (χ0) is 20.6. The van der Waals surface area contributed by atoms with E-state index in [0.717, 1.165) is 33.8 Å².